The Bertz CT molecular complexity index is 243. The van der Waals surface area contributed by atoms with Crippen molar-refractivity contribution in [2.24, 2.45) is 0 Å². The van der Waals surface area contributed by atoms with E-state index < -0.39 is 11.7 Å². The molecule has 16 heavy (non-hydrogen) atoms. The maximum absolute atomic E-state index is 11.3. The number of ether oxygens (including phenoxy) is 3. The molecule has 1 fully saturated rings. The number of hydrogen-bond donors (Lipinski definition) is 1. The predicted molar refractivity (Wildman–Crippen MR) is 59.4 cm³/mol. The van der Waals surface area contributed by atoms with Gasteiger partial charge >= 0.3 is 6.09 Å². The molecule has 94 valence electrons. The summed E-state index contributed by atoms with van der Waals surface area (Å²) in [5.41, 5.74) is -0.631. The van der Waals surface area contributed by atoms with E-state index in [1.807, 2.05) is 27.7 Å². The first-order chi connectivity index (χ1) is 7.31. The Morgan fingerprint density at radius 3 is 2.50 bits per heavy atom. The summed E-state index contributed by atoms with van der Waals surface area (Å²) in [4.78, 5) is 11.3. The van der Waals surface area contributed by atoms with Gasteiger partial charge in [-0.25, -0.2) is 4.79 Å². The third-order valence-corrected chi connectivity index (χ3v) is 2.04. The molecule has 1 heterocycles. The van der Waals surface area contributed by atoms with Crippen molar-refractivity contribution in [2.75, 3.05) is 26.4 Å². The lowest BCUT2D eigenvalue weighted by molar-refractivity contribution is -0.197. The molecule has 5 heteroatoms. The van der Waals surface area contributed by atoms with Crippen molar-refractivity contribution in [3.63, 3.8) is 0 Å². The molecular formula is C11H21NO4. The van der Waals surface area contributed by atoms with Crippen LogP contribution < -0.4 is 5.32 Å². The number of carbonyl (C=O) groups excluding carboxylic acids is 1. The number of hydrogen-bond acceptors (Lipinski definition) is 4. The largest absolute Gasteiger partial charge is 0.444 e. The first kappa shape index (κ1) is 13.3. The minimum Gasteiger partial charge on any atom is -0.444 e. The van der Waals surface area contributed by atoms with Gasteiger partial charge in [-0.05, 0) is 27.7 Å². The van der Waals surface area contributed by atoms with Gasteiger partial charge in [0.2, 0.25) is 0 Å². The van der Waals surface area contributed by atoms with E-state index in [0.717, 1.165) is 0 Å². The molecular weight excluding hydrogens is 210 g/mol. The quantitative estimate of drug-likeness (QED) is 0.741. The molecule has 0 atom stereocenters. The molecule has 0 aromatic carbocycles. The molecule has 0 aliphatic carbocycles. The van der Waals surface area contributed by atoms with Gasteiger partial charge in [-0.1, -0.05) is 0 Å². The molecule has 1 aliphatic rings. The Labute approximate surface area is 96.4 Å². The number of alkyl carbamates (subject to hydrolysis) is 1. The van der Waals surface area contributed by atoms with Gasteiger partial charge in [0.1, 0.15) is 11.2 Å². The summed E-state index contributed by atoms with van der Waals surface area (Å²) in [5.74, 6) is 0. The minimum atomic E-state index is -0.460. The molecule has 1 aliphatic heterocycles. The summed E-state index contributed by atoms with van der Waals surface area (Å²) >= 11 is 0. The van der Waals surface area contributed by atoms with Crippen molar-refractivity contribution in [3.8, 4) is 0 Å². The lowest BCUT2D eigenvalue weighted by atomic mass is 10.1. The zero-order chi connectivity index (χ0) is 12.2. The van der Waals surface area contributed by atoms with Gasteiger partial charge in [0.15, 0.2) is 0 Å². The fourth-order valence-electron chi connectivity index (χ4n) is 1.24. The van der Waals surface area contributed by atoms with Crippen molar-refractivity contribution < 1.29 is 19.0 Å². The van der Waals surface area contributed by atoms with Gasteiger partial charge in [0.05, 0.1) is 19.8 Å². The molecule has 0 saturated carbocycles. The van der Waals surface area contributed by atoms with Gasteiger partial charge < -0.3 is 19.5 Å². The minimum absolute atomic E-state index is 0.171. The van der Waals surface area contributed by atoms with Crippen LogP contribution in [0.2, 0.25) is 0 Å². The van der Waals surface area contributed by atoms with Crippen LogP contribution in [0, 0.1) is 0 Å². The number of rotatable bonds is 4. The van der Waals surface area contributed by atoms with Crippen molar-refractivity contribution >= 4 is 6.09 Å². The van der Waals surface area contributed by atoms with Crippen molar-refractivity contribution in [1.82, 2.24) is 5.32 Å². The van der Waals surface area contributed by atoms with E-state index in [9.17, 15) is 4.79 Å². The van der Waals surface area contributed by atoms with Gasteiger partial charge in [-0.15, -0.1) is 0 Å². The molecule has 1 N–H and O–H groups in total. The molecule has 1 rings (SSSR count). The number of carbonyl (C=O) groups is 1. The first-order valence-electron chi connectivity index (χ1n) is 5.49. The fraction of sp³-hybridized carbons (Fsp3) is 0.909. The van der Waals surface area contributed by atoms with Crippen LogP contribution in [0.5, 0.6) is 0 Å². The molecule has 0 spiro atoms. The van der Waals surface area contributed by atoms with Crippen LogP contribution in [0.1, 0.15) is 27.7 Å². The van der Waals surface area contributed by atoms with Gasteiger partial charge in [-0.2, -0.15) is 0 Å². The van der Waals surface area contributed by atoms with Crippen LogP contribution in [-0.2, 0) is 14.2 Å². The maximum Gasteiger partial charge on any atom is 0.407 e. The highest BCUT2D eigenvalue weighted by Crippen LogP contribution is 2.19. The molecule has 0 aromatic rings. The first-order valence-corrected chi connectivity index (χ1v) is 5.49. The van der Waals surface area contributed by atoms with E-state index in [-0.39, 0.29) is 5.60 Å². The number of nitrogens with one attached hydrogen (secondary N) is 1. The molecule has 0 unspecified atom stereocenters. The van der Waals surface area contributed by atoms with Gasteiger partial charge in [0, 0.05) is 6.54 Å². The van der Waals surface area contributed by atoms with Crippen LogP contribution in [0.25, 0.3) is 0 Å². The summed E-state index contributed by atoms with van der Waals surface area (Å²) < 4.78 is 15.7. The Balaban J connectivity index is 2.04. The van der Waals surface area contributed by atoms with Gasteiger partial charge in [0.25, 0.3) is 0 Å². The summed E-state index contributed by atoms with van der Waals surface area (Å²) in [6.45, 7) is 9.65. The van der Waals surface area contributed by atoms with E-state index in [1.165, 1.54) is 0 Å². The molecule has 0 aromatic heterocycles. The average Bonchev–Trinajstić information content (AvgIpc) is 2.06. The Morgan fingerprint density at radius 2 is 2.06 bits per heavy atom. The van der Waals surface area contributed by atoms with Crippen LogP contribution in [0.3, 0.4) is 0 Å². The number of amides is 1. The Hall–Kier alpha value is -0.810. The van der Waals surface area contributed by atoms with Crippen molar-refractivity contribution in [2.45, 2.75) is 38.9 Å². The van der Waals surface area contributed by atoms with Crippen molar-refractivity contribution in [1.29, 1.82) is 0 Å². The summed E-state index contributed by atoms with van der Waals surface area (Å²) in [6.07, 6.45) is -0.411. The summed E-state index contributed by atoms with van der Waals surface area (Å²) in [6, 6.07) is 0. The second kappa shape index (κ2) is 5.01. The third kappa shape index (κ3) is 4.81. The third-order valence-electron chi connectivity index (χ3n) is 2.04. The highest BCUT2D eigenvalue weighted by Gasteiger charge is 2.34. The smallest absolute Gasteiger partial charge is 0.407 e. The lowest BCUT2D eigenvalue weighted by Crippen LogP contribution is -2.50. The van der Waals surface area contributed by atoms with Crippen LogP contribution in [0.4, 0.5) is 4.79 Å². The van der Waals surface area contributed by atoms with Crippen molar-refractivity contribution in [3.05, 3.63) is 0 Å². The molecule has 1 amide bonds. The maximum atomic E-state index is 11.3. The molecule has 0 bridgehead atoms. The summed E-state index contributed by atoms with van der Waals surface area (Å²) in [7, 11) is 0. The zero-order valence-corrected chi connectivity index (χ0v) is 10.5. The van der Waals surface area contributed by atoms with E-state index in [4.69, 9.17) is 14.2 Å². The normalized spacial score (nSPS) is 18.8. The molecule has 5 nitrogen and oxygen atoms in total. The Kier molecular flexibility index (Phi) is 4.15. The second-order valence-electron chi connectivity index (χ2n) is 5.22. The monoisotopic (exact) mass is 231 g/mol. The highest BCUT2D eigenvalue weighted by atomic mass is 16.6. The fourth-order valence-corrected chi connectivity index (χ4v) is 1.24. The lowest BCUT2D eigenvalue weighted by Gasteiger charge is -2.37. The van der Waals surface area contributed by atoms with E-state index >= 15 is 0 Å². The average molecular weight is 231 g/mol. The zero-order valence-electron chi connectivity index (χ0n) is 10.5. The molecule has 1 saturated heterocycles. The van der Waals surface area contributed by atoms with Crippen LogP contribution in [0.15, 0.2) is 0 Å². The van der Waals surface area contributed by atoms with E-state index in [0.29, 0.717) is 26.4 Å². The Morgan fingerprint density at radius 1 is 1.44 bits per heavy atom. The van der Waals surface area contributed by atoms with Crippen LogP contribution >= 0.6 is 0 Å². The van der Waals surface area contributed by atoms with Crippen LogP contribution in [-0.4, -0.2) is 43.7 Å². The SMILES string of the molecule is CC(C)(C)OC(=O)NCCOC1(C)COC1. The second-order valence-corrected chi connectivity index (χ2v) is 5.22. The standard InChI is InChI=1S/C11H21NO4/c1-10(2,3)16-9(13)12-5-6-15-11(4)7-14-8-11/h5-8H2,1-4H3,(H,12,13). The van der Waals surface area contributed by atoms with E-state index in [1.54, 1.807) is 0 Å². The van der Waals surface area contributed by atoms with E-state index in [2.05, 4.69) is 5.32 Å². The highest BCUT2D eigenvalue weighted by molar-refractivity contribution is 5.67. The molecule has 0 radical (unpaired) electrons. The predicted octanol–water partition coefficient (Wildman–Crippen LogP) is 1.32. The topological polar surface area (TPSA) is 56.8 Å². The van der Waals surface area contributed by atoms with Gasteiger partial charge in [-0.3, -0.25) is 0 Å². The summed E-state index contributed by atoms with van der Waals surface area (Å²) in [5, 5.41) is 2.63.